The highest BCUT2D eigenvalue weighted by Crippen LogP contribution is 2.38. The van der Waals surface area contributed by atoms with Gasteiger partial charge in [0.15, 0.2) is 11.5 Å². The lowest BCUT2D eigenvalue weighted by molar-refractivity contribution is -0.276. The van der Waals surface area contributed by atoms with Crippen LogP contribution in [0.15, 0.2) is 18.2 Å². The van der Waals surface area contributed by atoms with Crippen molar-refractivity contribution in [2.24, 2.45) is 0 Å². The molecule has 0 spiro atoms. The van der Waals surface area contributed by atoms with Gasteiger partial charge < -0.3 is 14.8 Å². The molecule has 0 radical (unpaired) electrons. The Labute approximate surface area is 160 Å². The smallest absolute Gasteiger partial charge is 0.465 e. The first-order valence-electron chi connectivity index (χ1n) is 7.51. The van der Waals surface area contributed by atoms with E-state index in [0.29, 0.717) is 0 Å². The molecule has 170 valence electrons. The predicted octanol–water partition coefficient (Wildman–Crippen LogP) is 3.65. The van der Waals surface area contributed by atoms with Crippen molar-refractivity contribution in [2.75, 3.05) is 13.7 Å². The summed E-state index contributed by atoms with van der Waals surface area (Å²) in [6.07, 6.45) is -12.7. The van der Waals surface area contributed by atoms with E-state index in [2.05, 4.69) is 9.47 Å². The molecule has 1 N–H and O–H groups in total. The van der Waals surface area contributed by atoms with Crippen LogP contribution in [0.1, 0.15) is 5.56 Å². The van der Waals surface area contributed by atoms with Crippen LogP contribution in [0, 0.1) is 0 Å². The van der Waals surface area contributed by atoms with E-state index in [0.717, 1.165) is 25.3 Å². The summed E-state index contributed by atoms with van der Waals surface area (Å²) < 4.78 is 133. The van der Waals surface area contributed by atoms with E-state index in [1.807, 2.05) is 0 Å². The Balaban J connectivity index is 2.84. The quantitative estimate of drug-likeness (QED) is 0.384. The molecule has 0 atom stereocenters. The summed E-state index contributed by atoms with van der Waals surface area (Å²) in [4.78, 5) is 22.0. The number of amides is 1. The van der Waals surface area contributed by atoms with Crippen LogP contribution in [0.25, 0.3) is 0 Å². The van der Waals surface area contributed by atoms with Gasteiger partial charge in [-0.15, -0.1) is 0 Å². The van der Waals surface area contributed by atoms with Crippen LogP contribution in [0.2, 0.25) is 0 Å². The number of alkyl halides is 10. The zero-order chi connectivity index (χ0) is 23.5. The average molecular weight is 459 g/mol. The summed E-state index contributed by atoms with van der Waals surface area (Å²) in [5, 5.41) is 1.34. The van der Waals surface area contributed by atoms with Gasteiger partial charge in [0.05, 0.1) is 7.11 Å². The van der Waals surface area contributed by atoms with E-state index >= 15 is 0 Å². The van der Waals surface area contributed by atoms with E-state index in [1.54, 1.807) is 0 Å². The Hall–Kier alpha value is -2.74. The van der Waals surface area contributed by atoms with Crippen LogP contribution in [-0.2, 0) is 16.0 Å². The van der Waals surface area contributed by atoms with Crippen LogP contribution in [-0.4, -0.2) is 49.7 Å². The molecule has 5 nitrogen and oxygen atoms in total. The van der Waals surface area contributed by atoms with Gasteiger partial charge in [0.1, 0.15) is 0 Å². The van der Waals surface area contributed by atoms with E-state index in [9.17, 15) is 53.5 Å². The van der Waals surface area contributed by atoms with Gasteiger partial charge in [0.2, 0.25) is 0 Å². The highest BCUT2D eigenvalue weighted by Gasteiger charge is 2.65. The number of esters is 1. The van der Waals surface area contributed by atoms with Crippen LogP contribution < -0.4 is 14.8 Å². The number of hydrogen-bond acceptors (Lipinski definition) is 4. The molecule has 1 aromatic rings. The van der Waals surface area contributed by atoms with Gasteiger partial charge in [-0.3, -0.25) is 4.79 Å². The molecule has 0 fully saturated rings. The second-order valence-corrected chi connectivity index (χ2v) is 5.52. The molecule has 0 saturated heterocycles. The summed E-state index contributed by atoms with van der Waals surface area (Å²) in [6, 6.07) is 2.61. The second-order valence-electron chi connectivity index (χ2n) is 5.52. The molecule has 0 aliphatic heterocycles. The van der Waals surface area contributed by atoms with Gasteiger partial charge in [-0.2, -0.15) is 43.9 Å². The van der Waals surface area contributed by atoms with Crippen LogP contribution >= 0.6 is 0 Å². The van der Waals surface area contributed by atoms with E-state index in [-0.39, 0.29) is 12.0 Å². The van der Waals surface area contributed by atoms with Crippen molar-refractivity contribution in [1.29, 1.82) is 0 Å². The topological polar surface area (TPSA) is 64.6 Å². The van der Waals surface area contributed by atoms with E-state index < -0.39 is 54.1 Å². The average Bonchev–Trinajstić information content (AvgIpc) is 2.60. The number of carbonyl (C=O) groups excluding carboxylic acids is 2. The molecule has 1 amide bonds. The molecule has 0 aliphatic rings. The molecule has 1 rings (SSSR count). The number of nitrogens with one attached hydrogen (secondary N) is 1. The van der Waals surface area contributed by atoms with Crippen LogP contribution in [0.4, 0.5) is 43.9 Å². The predicted molar refractivity (Wildman–Crippen MR) is 77.3 cm³/mol. The van der Waals surface area contributed by atoms with Crippen molar-refractivity contribution in [1.82, 2.24) is 5.32 Å². The van der Waals surface area contributed by atoms with Crippen molar-refractivity contribution in [3.8, 4) is 11.5 Å². The lowest BCUT2D eigenvalue weighted by atomic mass is 10.1. The Morgan fingerprint density at radius 1 is 0.867 bits per heavy atom. The minimum atomic E-state index is -6.21. The fourth-order valence-corrected chi connectivity index (χ4v) is 1.79. The zero-order valence-corrected chi connectivity index (χ0v) is 14.6. The Bertz CT molecular complexity index is 789. The van der Waals surface area contributed by atoms with Crippen LogP contribution in [0.5, 0.6) is 11.5 Å². The number of ether oxygens (including phenoxy) is 2. The maximum Gasteiger partial charge on any atom is 0.465 e. The first-order valence-corrected chi connectivity index (χ1v) is 7.51. The summed E-state index contributed by atoms with van der Waals surface area (Å²) in [6.45, 7) is -0.723. The molecule has 30 heavy (non-hydrogen) atoms. The normalized spacial score (nSPS) is 13.0. The molecule has 0 unspecified atom stereocenters. The maximum absolute atomic E-state index is 12.9. The van der Waals surface area contributed by atoms with Crippen molar-refractivity contribution in [3.63, 3.8) is 0 Å². The molecule has 0 heterocycles. The number of methoxy groups -OCH3 is 1. The van der Waals surface area contributed by atoms with Gasteiger partial charge >= 0.3 is 30.2 Å². The summed E-state index contributed by atoms with van der Waals surface area (Å²) >= 11 is 0. The summed E-state index contributed by atoms with van der Waals surface area (Å²) in [7, 11) is 0.921. The first kappa shape index (κ1) is 25.3. The number of carbonyl (C=O) groups is 2. The molecule has 0 bridgehead atoms. The number of halogens is 10. The molecular weight excluding hydrogens is 448 g/mol. The number of benzene rings is 1. The molecule has 0 saturated carbocycles. The summed E-state index contributed by atoms with van der Waals surface area (Å²) in [5.74, 6) is -18.4. The Morgan fingerprint density at radius 2 is 1.40 bits per heavy atom. The largest absolute Gasteiger partial charge is 0.493 e. The highest BCUT2D eigenvalue weighted by molar-refractivity contribution is 5.84. The number of hydrogen-bond donors (Lipinski definition) is 1. The second kappa shape index (κ2) is 8.55. The standard InChI is InChI=1S/C15H11F10NO4/c1-29-9-6-7(4-5-26-10(27)12(16,17)14(20,21)22)2-3-8(9)30-11(28)13(18,19)15(23,24)25/h2-3,6H,4-5H2,1H3,(H,26,27). The van der Waals surface area contributed by atoms with Crippen molar-refractivity contribution in [3.05, 3.63) is 23.8 Å². The monoisotopic (exact) mass is 459 g/mol. The van der Waals surface area contributed by atoms with Crippen molar-refractivity contribution < 1.29 is 63.0 Å². The van der Waals surface area contributed by atoms with Gasteiger partial charge in [0.25, 0.3) is 5.91 Å². The molecule has 0 aliphatic carbocycles. The zero-order valence-electron chi connectivity index (χ0n) is 14.6. The third-order valence-corrected chi connectivity index (χ3v) is 3.38. The third-order valence-electron chi connectivity index (χ3n) is 3.38. The van der Waals surface area contributed by atoms with E-state index in [1.165, 1.54) is 5.32 Å². The molecule has 0 aromatic heterocycles. The van der Waals surface area contributed by atoms with Gasteiger partial charge in [-0.25, -0.2) is 4.79 Å². The molecular formula is C15H11F10NO4. The fourth-order valence-electron chi connectivity index (χ4n) is 1.79. The van der Waals surface area contributed by atoms with Gasteiger partial charge in [-0.05, 0) is 24.1 Å². The molecule has 1 aromatic carbocycles. The first-order chi connectivity index (χ1) is 13.4. The Kier molecular flexibility index (Phi) is 7.21. The third kappa shape index (κ3) is 5.44. The lowest BCUT2D eigenvalue weighted by Gasteiger charge is -2.19. The highest BCUT2D eigenvalue weighted by atomic mass is 19.4. The molecule has 15 heteroatoms. The van der Waals surface area contributed by atoms with E-state index in [4.69, 9.17) is 0 Å². The Morgan fingerprint density at radius 3 is 1.87 bits per heavy atom. The van der Waals surface area contributed by atoms with Gasteiger partial charge in [-0.1, -0.05) is 6.07 Å². The fraction of sp³-hybridized carbons (Fsp3) is 0.467. The minimum Gasteiger partial charge on any atom is -0.493 e. The van der Waals surface area contributed by atoms with Crippen molar-refractivity contribution in [2.45, 2.75) is 30.6 Å². The summed E-state index contributed by atoms with van der Waals surface area (Å²) in [5.41, 5.74) is 0.0601. The maximum atomic E-state index is 12.9. The SMILES string of the molecule is COc1cc(CCNC(=O)C(F)(F)C(F)(F)F)ccc1OC(=O)C(F)(F)C(F)(F)F. The van der Waals surface area contributed by atoms with Crippen LogP contribution in [0.3, 0.4) is 0 Å². The minimum absolute atomic E-state index is 0.0601. The number of rotatable bonds is 7. The van der Waals surface area contributed by atoms with Gasteiger partial charge in [0, 0.05) is 6.54 Å². The lowest BCUT2D eigenvalue weighted by Crippen LogP contribution is -2.50. The van der Waals surface area contributed by atoms with Crippen molar-refractivity contribution >= 4 is 11.9 Å².